The van der Waals surface area contributed by atoms with Crippen molar-refractivity contribution in [3.8, 4) is 17.2 Å². The summed E-state index contributed by atoms with van der Waals surface area (Å²) in [5.41, 5.74) is 1.13. The third-order valence-electron chi connectivity index (χ3n) is 3.57. The summed E-state index contributed by atoms with van der Waals surface area (Å²) >= 11 is 0. The average molecular weight is 265 g/mol. The first-order valence-corrected chi connectivity index (χ1v) is 6.44. The maximum Gasteiger partial charge on any atom is 0.328 e. The molecule has 0 bridgehead atoms. The van der Waals surface area contributed by atoms with Crippen molar-refractivity contribution in [3.63, 3.8) is 0 Å². The van der Waals surface area contributed by atoms with Gasteiger partial charge in [-0.25, -0.2) is 0 Å². The molecule has 0 radical (unpaired) electrons. The molecule has 0 fully saturated rings. The molecular formula is C17H15NO2. The van der Waals surface area contributed by atoms with E-state index in [2.05, 4.69) is 0 Å². The van der Waals surface area contributed by atoms with Crippen LogP contribution >= 0.6 is 0 Å². The fraction of sp³-hybridized carbons (Fsp3) is 0.176. The molecule has 1 atom stereocenters. The van der Waals surface area contributed by atoms with E-state index >= 15 is 0 Å². The van der Waals surface area contributed by atoms with Crippen LogP contribution in [-0.2, 0) is 10.2 Å². The van der Waals surface area contributed by atoms with Gasteiger partial charge in [0.2, 0.25) is 0 Å². The van der Waals surface area contributed by atoms with Crippen LogP contribution in [0.4, 0.5) is 0 Å². The smallest absolute Gasteiger partial charge is 0.328 e. The zero-order chi connectivity index (χ0) is 14.6. The van der Waals surface area contributed by atoms with E-state index in [1.54, 1.807) is 19.1 Å². The SMILES string of the molecule is CCC(C#N)(C(=O)O)c1ccc(-c2ccccc2)cc1. The number of carboxylic acid groups (broad SMARTS) is 1. The summed E-state index contributed by atoms with van der Waals surface area (Å²) in [6.07, 6.45) is 0.240. The fourth-order valence-corrected chi connectivity index (χ4v) is 2.25. The Labute approximate surface area is 118 Å². The van der Waals surface area contributed by atoms with Crippen LogP contribution in [0.25, 0.3) is 11.1 Å². The van der Waals surface area contributed by atoms with E-state index < -0.39 is 11.4 Å². The van der Waals surface area contributed by atoms with Crippen LogP contribution in [0.1, 0.15) is 18.9 Å². The van der Waals surface area contributed by atoms with Crippen molar-refractivity contribution < 1.29 is 9.90 Å². The normalized spacial score (nSPS) is 13.2. The van der Waals surface area contributed by atoms with E-state index in [9.17, 15) is 15.2 Å². The number of carbonyl (C=O) groups is 1. The van der Waals surface area contributed by atoms with Gasteiger partial charge in [0.25, 0.3) is 0 Å². The second-order valence-electron chi connectivity index (χ2n) is 4.62. The van der Waals surface area contributed by atoms with Crippen molar-refractivity contribution in [2.75, 3.05) is 0 Å². The second-order valence-corrected chi connectivity index (χ2v) is 4.62. The Morgan fingerprint density at radius 2 is 1.65 bits per heavy atom. The predicted octanol–water partition coefficient (Wildman–Crippen LogP) is 3.61. The number of nitrogens with zero attached hydrogens (tertiary/aromatic N) is 1. The van der Waals surface area contributed by atoms with Crippen molar-refractivity contribution in [3.05, 3.63) is 60.2 Å². The lowest BCUT2D eigenvalue weighted by atomic mass is 9.79. The molecule has 0 spiro atoms. The molecule has 1 N–H and O–H groups in total. The maximum atomic E-state index is 11.4. The molecule has 0 aromatic heterocycles. The van der Waals surface area contributed by atoms with Crippen molar-refractivity contribution in [2.45, 2.75) is 18.8 Å². The van der Waals surface area contributed by atoms with E-state index in [-0.39, 0.29) is 6.42 Å². The van der Waals surface area contributed by atoms with Gasteiger partial charge in [-0.1, -0.05) is 61.5 Å². The molecule has 3 nitrogen and oxygen atoms in total. The largest absolute Gasteiger partial charge is 0.480 e. The molecule has 20 heavy (non-hydrogen) atoms. The quantitative estimate of drug-likeness (QED) is 0.918. The molecule has 0 saturated carbocycles. The van der Waals surface area contributed by atoms with Gasteiger partial charge in [0, 0.05) is 0 Å². The summed E-state index contributed by atoms with van der Waals surface area (Å²) in [5.74, 6) is -1.10. The van der Waals surface area contributed by atoms with Gasteiger partial charge < -0.3 is 5.11 Å². The molecule has 1 unspecified atom stereocenters. The average Bonchev–Trinajstić information content (AvgIpc) is 2.50. The summed E-state index contributed by atoms with van der Waals surface area (Å²) in [5, 5.41) is 18.6. The van der Waals surface area contributed by atoms with Crippen LogP contribution in [0.15, 0.2) is 54.6 Å². The zero-order valence-electron chi connectivity index (χ0n) is 11.2. The number of hydrogen-bond donors (Lipinski definition) is 1. The minimum absolute atomic E-state index is 0.240. The highest BCUT2D eigenvalue weighted by molar-refractivity contribution is 5.85. The van der Waals surface area contributed by atoms with Gasteiger partial charge in [0.15, 0.2) is 5.41 Å². The lowest BCUT2D eigenvalue weighted by molar-refractivity contribution is -0.141. The van der Waals surface area contributed by atoms with E-state index in [1.807, 2.05) is 48.5 Å². The van der Waals surface area contributed by atoms with Gasteiger partial charge in [0.1, 0.15) is 0 Å². The third kappa shape index (κ3) is 2.28. The van der Waals surface area contributed by atoms with Gasteiger partial charge in [-0.15, -0.1) is 0 Å². The monoisotopic (exact) mass is 265 g/mol. The first-order valence-electron chi connectivity index (χ1n) is 6.44. The van der Waals surface area contributed by atoms with E-state index in [4.69, 9.17) is 0 Å². The molecule has 0 aliphatic rings. The Hall–Kier alpha value is -2.60. The summed E-state index contributed by atoms with van der Waals surface area (Å²) in [6, 6.07) is 18.9. The number of aliphatic carboxylic acids is 1. The van der Waals surface area contributed by atoms with E-state index in [1.165, 1.54) is 0 Å². The number of nitriles is 1. The number of benzene rings is 2. The van der Waals surface area contributed by atoms with Gasteiger partial charge in [-0.05, 0) is 23.1 Å². The van der Waals surface area contributed by atoms with Crippen molar-refractivity contribution >= 4 is 5.97 Å². The zero-order valence-corrected chi connectivity index (χ0v) is 11.2. The molecule has 0 saturated heterocycles. The van der Waals surface area contributed by atoms with Crippen LogP contribution < -0.4 is 0 Å². The second kappa shape index (κ2) is 5.58. The van der Waals surface area contributed by atoms with Crippen LogP contribution in [0.5, 0.6) is 0 Å². The molecule has 0 heterocycles. The highest BCUT2D eigenvalue weighted by Crippen LogP contribution is 2.30. The van der Waals surface area contributed by atoms with Crippen molar-refractivity contribution in [1.29, 1.82) is 5.26 Å². The minimum Gasteiger partial charge on any atom is -0.480 e. The molecule has 0 aliphatic carbocycles. The first-order chi connectivity index (χ1) is 9.64. The first kappa shape index (κ1) is 13.8. The van der Waals surface area contributed by atoms with Crippen molar-refractivity contribution in [1.82, 2.24) is 0 Å². The molecule has 2 aromatic rings. The summed E-state index contributed by atoms with van der Waals surface area (Å²) in [7, 11) is 0. The minimum atomic E-state index is -1.46. The molecular weight excluding hydrogens is 250 g/mol. The highest BCUT2D eigenvalue weighted by Gasteiger charge is 2.38. The molecule has 0 aliphatic heterocycles. The van der Waals surface area contributed by atoms with Gasteiger partial charge in [0.05, 0.1) is 6.07 Å². The Bertz CT molecular complexity index is 641. The predicted molar refractivity (Wildman–Crippen MR) is 77.1 cm³/mol. The Balaban J connectivity index is 2.43. The topological polar surface area (TPSA) is 61.1 Å². The number of hydrogen-bond acceptors (Lipinski definition) is 2. The van der Waals surface area contributed by atoms with Crippen LogP contribution in [0.2, 0.25) is 0 Å². The lowest BCUT2D eigenvalue weighted by Gasteiger charge is -2.20. The van der Waals surface area contributed by atoms with E-state index in [0.29, 0.717) is 5.56 Å². The number of rotatable bonds is 4. The lowest BCUT2D eigenvalue weighted by Crippen LogP contribution is -2.33. The number of carboxylic acids is 1. The molecule has 3 heteroatoms. The van der Waals surface area contributed by atoms with Gasteiger partial charge in [-0.2, -0.15) is 5.26 Å². The Morgan fingerprint density at radius 1 is 1.10 bits per heavy atom. The van der Waals surface area contributed by atoms with Crippen molar-refractivity contribution in [2.24, 2.45) is 0 Å². The van der Waals surface area contributed by atoms with Gasteiger partial charge >= 0.3 is 5.97 Å². The summed E-state index contributed by atoms with van der Waals surface area (Å²) in [4.78, 5) is 11.4. The highest BCUT2D eigenvalue weighted by atomic mass is 16.4. The van der Waals surface area contributed by atoms with E-state index in [0.717, 1.165) is 11.1 Å². The van der Waals surface area contributed by atoms with Crippen LogP contribution in [0.3, 0.4) is 0 Å². The molecule has 100 valence electrons. The molecule has 0 amide bonds. The third-order valence-corrected chi connectivity index (χ3v) is 3.57. The Kier molecular flexibility index (Phi) is 3.86. The standard InChI is InChI=1S/C17H15NO2/c1-2-17(12-18,16(19)20)15-10-8-14(9-11-15)13-6-4-3-5-7-13/h3-11H,2H2,1H3,(H,19,20). The molecule has 2 rings (SSSR count). The molecule has 2 aromatic carbocycles. The maximum absolute atomic E-state index is 11.4. The Morgan fingerprint density at radius 3 is 2.10 bits per heavy atom. The summed E-state index contributed by atoms with van der Waals surface area (Å²) < 4.78 is 0. The van der Waals surface area contributed by atoms with Crippen LogP contribution in [0, 0.1) is 11.3 Å². The summed E-state index contributed by atoms with van der Waals surface area (Å²) in [6.45, 7) is 1.71. The van der Waals surface area contributed by atoms with Gasteiger partial charge in [-0.3, -0.25) is 4.79 Å². The van der Waals surface area contributed by atoms with Crippen LogP contribution in [-0.4, -0.2) is 11.1 Å². The fourth-order valence-electron chi connectivity index (χ4n) is 2.25.